The lowest BCUT2D eigenvalue weighted by atomic mass is 9.90. The number of aliphatic hydroxyl groups is 1. The summed E-state index contributed by atoms with van der Waals surface area (Å²) in [5.74, 6) is -3.22. The molecule has 0 spiro atoms. The van der Waals surface area contributed by atoms with Crippen LogP contribution in [0.1, 0.15) is 52.4 Å². The van der Waals surface area contributed by atoms with Crippen LogP contribution in [0.3, 0.4) is 0 Å². The number of allylic oxidation sites excluding steroid dienone is 3. The zero-order valence-corrected chi connectivity index (χ0v) is 18.0. The third-order valence-electron chi connectivity index (χ3n) is 5.82. The van der Waals surface area contributed by atoms with Gasteiger partial charge in [-0.1, -0.05) is 24.6 Å². The van der Waals surface area contributed by atoms with E-state index >= 15 is 0 Å². The summed E-state index contributed by atoms with van der Waals surface area (Å²) in [6.07, 6.45) is 7.21. The number of ether oxygens (including phenoxy) is 2. The van der Waals surface area contributed by atoms with Gasteiger partial charge >= 0.3 is 11.2 Å². The molecule has 3 aliphatic heterocycles. The van der Waals surface area contributed by atoms with Crippen molar-refractivity contribution in [2.45, 2.75) is 76.4 Å². The average Bonchev–Trinajstić information content (AvgIpc) is 2.86. The van der Waals surface area contributed by atoms with Crippen molar-refractivity contribution in [1.82, 2.24) is 5.06 Å². The van der Waals surface area contributed by atoms with Gasteiger partial charge in [0.15, 0.2) is 5.79 Å². The fourth-order valence-corrected chi connectivity index (χ4v) is 5.54. The Hall–Kier alpha value is -1.75. The highest BCUT2D eigenvalue weighted by Gasteiger charge is 2.57. The SMILES string of the molecule is CC1=CC(=O)O[C@@H]2C[C@@H](CC[C@H](C)C=CCC1)O[C@@](O)([C@@H]1CS(=O)(=O)C(=O)N1O)C2. The molecule has 2 bridgehead atoms. The molecule has 2 N–H and O–H groups in total. The first-order valence-electron chi connectivity index (χ1n) is 10.2. The van der Waals surface area contributed by atoms with Crippen molar-refractivity contribution in [2.24, 2.45) is 5.92 Å². The van der Waals surface area contributed by atoms with Gasteiger partial charge in [0.25, 0.3) is 0 Å². The number of hydrogen-bond donors (Lipinski definition) is 2. The highest BCUT2D eigenvalue weighted by atomic mass is 32.2. The number of fused-ring (bicyclic) bond motifs is 2. The molecular formula is C20H29NO8S. The van der Waals surface area contributed by atoms with Crippen LogP contribution in [0.15, 0.2) is 23.8 Å². The molecule has 0 saturated carbocycles. The molecule has 5 atom stereocenters. The van der Waals surface area contributed by atoms with E-state index in [9.17, 15) is 28.3 Å². The van der Waals surface area contributed by atoms with E-state index in [0.717, 1.165) is 24.8 Å². The number of amides is 1. The minimum Gasteiger partial charge on any atom is -0.459 e. The lowest BCUT2D eigenvalue weighted by molar-refractivity contribution is -0.311. The Kier molecular flexibility index (Phi) is 6.71. The molecule has 0 aromatic heterocycles. The normalized spacial score (nSPS) is 38.0. The number of carbonyl (C=O) groups is 2. The maximum atomic E-state index is 12.3. The van der Waals surface area contributed by atoms with E-state index < -0.39 is 50.8 Å². The molecule has 2 fully saturated rings. The van der Waals surface area contributed by atoms with Crippen molar-refractivity contribution in [3.63, 3.8) is 0 Å². The van der Waals surface area contributed by atoms with Gasteiger partial charge in [0, 0.05) is 18.9 Å². The predicted octanol–water partition coefficient (Wildman–Crippen LogP) is 2.09. The van der Waals surface area contributed by atoms with E-state index in [2.05, 4.69) is 19.1 Å². The molecule has 10 heteroatoms. The minimum absolute atomic E-state index is 0.0182. The van der Waals surface area contributed by atoms with Crippen molar-refractivity contribution in [1.29, 1.82) is 0 Å². The van der Waals surface area contributed by atoms with Gasteiger partial charge in [0.2, 0.25) is 9.84 Å². The third kappa shape index (κ3) is 5.11. The Morgan fingerprint density at radius 1 is 1.23 bits per heavy atom. The Balaban J connectivity index is 1.87. The maximum Gasteiger partial charge on any atom is 0.362 e. The van der Waals surface area contributed by atoms with Gasteiger partial charge in [0.1, 0.15) is 12.1 Å². The summed E-state index contributed by atoms with van der Waals surface area (Å²) in [6.45, 7) is 3.90. The standard InChI is InChI=1S/C20H29NO8S/c1-13-5-3-4-6-14(2)9-18(22)28-16-10-15(8-7-13)29-20(24,11-16)17-12-30(26,27)19(23)21(17)25/h3,5,9,13,15-17,24-25H,4,6-8,10-12H2,1-2H3/t13-,15-,16-,17+,20-/m1/s1. The Labute approximate surface area is 176 Å². The summed E-state index contributed by atoms with van der Waals surface area (Å²) in [7, 11) is -4.24. The van der Waals surface area contributed by atoms with E-state index in [1.165, 1.54) is 6.08 Å². The lowest BCUT2D eigenvalue weighted by Gasteiger charge is -2.44. The summed E-state index contributed by atoms with van der Waals surface area (Å²) in [6, 6.07) is -1.49. The summed E-state index contributed by atoms with van der Waals surface area (Å²) in [5, 5.41) is 19.7. The van der Waals surface area contributed by atoms with Crippen LogP contribution in [-0.4, -0.2) is 64.8 Å². The van der Waals surface area contributed by atoms with Crippen LogP contribution >= 0.6 is 0 Å². The highest BCUT2D eigenvalue weighted by Crippen LogP contribution is 2.38. The lowest BCUT2D eigenvalue weighted by Crippen LogP contribution is -2.59. The second-order valence-corrected chi connectivity index (χ2v) is 10.4. The van der Waals surface area contributed by atoms with Crippen molar-refractivity contribution >= 4 is 21.0 Å². The summed E-state index contributed by atoms with van der Waals surface area (Å²) in [5.41, 5.74) is 0.863. The highest BCUT2D eigenvalue weighted by molar-refractivity contribution is 8.06. The molecule has 0 unspecified atom stereocenters. The van der Waals surface area contributed by atoms with Crippen LogP contribution in [0.5, 0.6) is 0 Å². The topological polar surface area (TPSA) is 130 Å². The summed E-state index contributed by atoms with van der Waals surface area (Å²) in [4.78, 5) is 24.1. The van der Waals surface area contributed by atoms with Gasteiger partial charge in [-0.05, 0) is 38.5 Å². The summed E-state index contributed by atoms with van der Waals surface area (Å²) < 4.78 is 35.1. The van der Waals surface area contributed by atoms with Crippen molar-refractivity contribution in [2.75, 3.05) is 5.75 Å². The van der Waals surface area contributed by atoms with Gasteiger partial charge < -0.3 is 14.6 Å². The minimum atomic E-state index is -4.24. The Bertz CT molecular complexity index is 851. The number of nitrogens with zero attached hydrogens (tertiary/aromatic N) is 1. The predicted molar refractivity (Wildman–Crippen MR) is 106 cm³/mol. The van der Waals surface area contributed by atoms with Crippen LogP contribution in [-0.2, 0) is 24.1 Å². The molecule has 3 rings (SSSR count). The van der Waals surface area contributed by atoms with Crippen LogP contribution in [0, 0.1) is 5.92 Å². The average molecular weight is 444 g/mol. The van der Waals surface area contributed by atoms with Crippen LogP contribution < -0.4 is 0 Å². The second-order valence-electron chi connectivity index (χ2n) is 8.50. The van der Waals surface area contributed by atoms with E-state index in [1.54, 1.807) is 0 Å². The van der Waals surface area contributed by atoms with Gasteiger partial charge in [-0.25, -0.2) is 18.3 Å². The van der Waals surface area contributed by atoms with E-state index in [-0.39, 0.29) is 17.4 Å². The van der Waals surface area contributed by atoms with E-state index in [1.807, 2.05) is 6.92 Å². The number of hydrogen-bond acceptors (Lipinski definition) is 8. The number of esters is 1. The van der Waals surface area contributed by atoms with E-state index in [4.69, 9.17) is 9.47 Å². The number of sulfone groups is 1. The molecule has 9 nitrogen and oxygen atoms in total. The quantitative estimate of drug-likeness (QED) is 0.358. The summed E-state index contributed by atoms with van der Waals surface area (Å²) >= 11 is 0. The molecule has 0 radical (unpaired) electrons. The maximum absolute atomic E-state index is 12.3. The molecule has 2 saturated heterocycles. The second kappa shape index (κ2) is 8.78. The van der Waals surface area contributed by atoms with Crippen LogP contribution in [0.2, 0.25) is 0 Å². The smallest absolute Gasteiger partial charge is 0.362 e. The van der Waals surface area contributed by atoms with Crippen molar-refractivity contribution < 1.29 is 37.8 Å². The molecule has 168 valence electrons. The van der Waals surface area contributed by atoms with Crippen LogP contribution in [0.4, 0.5) is 4.79 Å². The number of carbonyl (C=O) groups excluding carboxylic acids is 2. The molecule has 0 aromatic carbocycles. The van der Waals surface area contributed by atoms with E-state index in [0.29, 0.717) is 12.8 Å². The Morgan fingerprint density at radius 2 is 1.97 bits per heavy atom. The fourth-order valence-electron chi connectivity index (χ4n) is 4.17. The van der Waals surface area contributed by atoms with Gasteiger partial charge in [-0.2, -0.15) is 0 Å². The molecule has 3 heterocycles. The molecule has 0 aliphatic carbocycles. The van der Waals surface area contributed by atoms with Gasteiger partial charge in [-0.3, -0.25) is 10.0 Å². The zero-order chi connectivity index (χ0) is 22.1. The largest absolute Gasteiger partial charge is 0.459 e. The third-order valence-corrected chi connectivity index (χ3v) is 7.30. The molecule has 30 heavy (non-hydrogen) atoms. The fraction of sp³-hybridized carbons (Fsp3) is 0.700. The van der Waals surface area contributed by atoms with Crippen LogP contribution in [0.25, 0.3) is 0 Å². The van der Waals surface area contributed by atoms with Crippen molar-refractivity contribution in [3.05, 3.63) is 23.8 Å². The van der Waals surface area contributed by atoms with Crippen molar-refractivity contribution in [3.8, 4) is 0 Å². The molecule has 0 aromatic rings. The Morgan fingerprint density at radius 3 is 2.63 bits per heavy atom. The first kappa shape index (κ1) is 22.9. The monoisotopic (exact) mass is 443 g/mol. The van der Waals surface area contributed by atoms with Gasteiger partial charge in [-0.15, -0.1) is 0 Å². The molecular weight excluding hydrogens is 414 g/mol. The zero-order valence-electron chi connectivity index (χ0n) is 17.2. The first-order chi connectivity index (χ1) is 14.0. The number of rotatable bonds is 1. The molecule has 1 amide bonds. The van der Waals surface area contributed by atoms with Gasteiger partial charge in [0.05, 0.1) is 11.9 Å². The number of hydroxylamine groups is 2. The first-order valence-corrected chi connectivity index (χ1v) is 11.8. The molecule has 3 aliphatic rings.